The minimum absolute atomic E-state index is 0.645. The third kappa shape index (κ3) is 3.80. The molecule has 1 aliphatic carbocycles. The third-order valence-electron chi connectivity index (χ3n) is 4.78. The standard InChI is InChI=1S/C17H28N2/c1-3-14-8-10-17(11-9-14)19(2)13-16-7-5-4-6-15(16)12-18/h4-7,14,17H,3,8-13,18H2,1-2H3. The second-order valence-corrected chi connectivity index (χ2v) is 5.97. The van der Waals surface area contributed by atoms with Gasteiger partial charge in [-0.15, -0.1) is 0 Å². The van der Waals surface area contributed by atoms with E-state index in [1.165, 1.54) is 43.2 Å². The molecule has 2 nitrogen and oxygen atoms in total. The third-order valence-corrected chi connectivity index (χ3v) is 4.78. The van der Waals surface area contributed by atoms with Crippen molar-refractivity contribution >= 4 is 0 Å². The Morgan fingerprint density at radius 2 is 1.74 bits per heavy atom. The lowest BCUT2D eigenvalue weighted by Crippen LogP contribution is -2.35. The molecule has 2 N–H and O–H groups in total. The molecule has 0 amide bonds. The molecule has 0 radical (unpaired) electrons. The van der Waals surface area contributed by atoms with Gasteiger partial charge in [-0.3, -0.25) is 4.90 Å². The van der Waals surface area contributed by atoms with Crippen LogP contribution in [-0.4, -0.2) is 18.0 Å². The van der Waals surface area contributed by atoms with E-state index in [2.05, 4.69) is 43.1 Å². The van der Waals surface area contributed by atoms with Crippen LogP contribution in [0.2, 0.25) is 0 Å². The molecule has 2 rings (SSSR count). The molecule has 1 aromatic carbocycles. The second-order valence-electron chi connectivity index (χ2n) is 5.97. The molecular weight excluding hydrogens is 232 g/mol. The minimum atomic E-state index is 0.645. The van der Waals surface area contributed by atoms with Gasteiger partial charge in [0.2, 0.25) is 0 Å². The maximum absolute atomic E-state index is 5.82. The fourth-order valence-electron chi connectivity index (χ4n) is 3.30. The van der Waals surface area contributed by atoms with E-state index in [0.717, 1.165) is 18.5 Å². The van der Waals surface area contributed by atoms with Crippen molar-refractivity contribution in [2.45, 2.75) is 58.2 Å². The Bertz CT molecular complexity index is 381. The van der Waals surface area contributed by atoms with Gasteiger partial charge in [-0.05, 0) is 49.8 Å². The van der Waals surface area contributed by atoms with E-state index >= 15 is 0 Å². The first-order chi connectivity index (χ1) is 9.24. The maximum atomic E-state index is 5.82. The van der Waals surface area contributed by atoms with E-state index in [-0.39, 0.29) is 0 Å². The predicted molar refractivity (Wildman–Crippen MR) is 81.8 cm³/mol. The molecule has 0 heterocycles. The molecular formula is C17H28N2. The summed E-state index contributed by atoms with van der Waals surface area (Å²) in [6.07, 6.45) is 6.89. The second kappa shape index (κ2) is 7.06. The number of nitrogens with two attached hydrogens (primary N) is 1. The van der Waals surface area contributed by atoms with Crippen LogP contribution in [0.25, 0.3) is 0 Å². The average molecular weight is 260 g/mol. The van der Waals surface area contributed by atoms with Crippen molar-refractivity contribution in [2.75, 3.05) is 7.05 Å². The Morgan fingerprint density at radius 1 is 1.11 bits per heavy atom. The van der Waals surface area contributed by atoms with E-state index in [9.17, 15) is 0 Å². The number of benzene rings is 1. The fraction of sp³-hybridized carbons (Fsp3) is 0.647. The van der Waals surface area contributed by atoms with Crippen LogP contribution in [-0.2, 0) is 13.1 Å². The number of nitrogens with zero attached hydrogens (tertiary/aromatic N) is 1. The van der Waals surface area contributed by atoms with Gasteiger partial charge >= 0.3 is 0 Å². The predicted octanol–water partition coefficient (Wildman–Crippen LogP) is 3.55. The van der Waals surface area contributed by atoms with Crippen LogP contribution < -0.4 is 5.73 Å². The summed E-state index contributed by atoms with van der Waals surface area (Å²) in [5.41, 5.74) is 8.50. The van der Waals surface area contributed by atoms with Crippen molar-refractivity contribution in [1.82, 2.24) is 4.90 Å². The van der Waals surface area contributed by atoms with Crippen molar-refractivity contribution in [3.8, 4) is 0 Å². The van der Waals surface area contributed by atoms with Crippen LogP contribution in [0.1, 0.15) is 50.2 Å². The Morgan fingerprint density at radius 3 is 2.32 bits per heavy atom. The molecule has 19 heavy (non-hydrogen) atoms. The van der Waals surface area contributed by atoms with Crippen molar-refractivity contribution in [1.29, 1.82) is 0 Å². The zero-order valence-corrected chi connectivity index (χ0v) is 12.4. The van der Waals surface area contributed by atoms with E-state index in [1.807, 2.05) is 0 Å². The summed E-state index contributed by atoms with van der Waals surface area (Å²) < 4.78 is 0. The van der Waals surface area contributed by atoms with Gasteiger partial charge in [0.25, 0.3) is 0 Å². The van der Waals surface area contributed by atoms with Gasteiger partial charge < -0.3 is 5.73 Å². The number of hydrogen-bond donors (Lipinski definition) is 1. The van der Waals surface area contributed by atoms with Crippen molar-refractivity contribution in [3.63, 3.8) is 0 Å². The minimum Gasteiger partial charge on any atom is -0.326 e. The Balaban J connectivity index is 1.92. The lowest BCUT2D eigenvalue weighted by Gasteiger charge is -2.34. The van der Waals surface area contributed by atoms with Crippen molar-refractivity contribution in [2.24, 2.45) is 11.7 Å². The summed E-state index contributed by atoms with van der Waals surface area (Å²) >= 11 is 0. The normalized spacial score (nSPS) is 23.8. The molecule has 0 atom stereocenters. The molecule has 106 valence electrons. The first-order valence-electron chi connectivity index (χ1n) is 7.71. The summed E-state index contributed by atoms with van der Waals surface area (Å²) in [6.45, 7) is 4.01. The van der Waals surface area contributed by atoms with Crippen molar-refractivity contribution < 1.29 is 0 Å². The summed E-state index contributed by atoms with van der Waals surface area (Å²) in [6, 6.07) is 9.33. The van der Waals surface area contributed by atoms with Crippen LogP contribution in [0.3, 0.4) is 0 Å². The highest BCUT2D eigenvalue weighted by molar-refractivity contribution is 5.26. The van der Waals surface area contributed by atoms with E-state index < -0.39 is 0 Å². The van der Waals surface area contributed by atoms with Crippen LogP contribution in [0.15, 0.2) is 24.3 Å². The highest BCUT2D eigenvalue weighted by Crippen LogP contribution is 2.29. The first kappa shape index (κ1) is 14.5. The molecule has 2 heteroatoms. The van der Waals surface area contributed by atoms with Crippen LogP contribution in [0, 0.1) is 5.92 Å². The molecule has 0 aliphatic heterocycles. The molecule has 1 fully saturated rings. The van der Waals surface area contributed by atoms with Crippen LogP contribution in [0.4, 0.5) is 0 Å². The average Bonchev–Trinajstić information content (AvgIpc) is 2.48. The highest BCUT2D eigenvalue weighted by atomic mass is 15.1. The van der Waals surface area contributed by atoms with E-state index in [1.54, 1.807) is 0 Å². The zero-order valence-electron chi connectivity index (χ0n) is 12.4. The molecule has 0 unspecified atom stereocenters. The molecule has 0 spiro atoms. The van der Waals surface area contributed by atoms with Gasteiger partial charge in [0.05, 0.1) is 0 Å². The lowest BCUT2D eigenvalue weighted by molar-refractivity contribution is 0.157. The SMILES string of the molecule is CCC1CCC(N(C)Cc2ccccc2CN)CC1. The fourth-order valence-corrected chi connectivity index (χ4v) is 3.30. The summed E-state index contributed by atoms with van der Waals surface area (Å²) in [7, 11) is 2.27. The van der Waals surface area contributed by atoms with Crippen LogP contribution in [0.5, 0.6) is 0 Å². The molecule has 0 saturated heterocycles. The molecule has 1 aromatic rings. The van der Waals surface area contributed by atoms with Gasteiger partial charge in [-0.25, -0.2) is 0 Å². The highest BCUT2D eigenvalue weighted by Gasteiger charge is 2.23. The van der Waals surface area contributed by atoms with Gasteiger partial charge in [0, 0.05) is 19.1 Å². The zero-order chi connectivity index (χ0) is 13.7. The molecule has 1 aliphatic rings. The topological polar surface area (TPSA) is 29.3 Å². The Labute approximate surface area is 118 Å². The Kier molecular flexibility index (Phi) is 5.41. The lowest BCUT2D eigenvalue weighted by atomic mass is 9.84. The maximum Gasteiger partial charge on any atom is 0.0236 e. The summed E-state index contributed by atoms with van der Waals surface area (Å²) in [5.74, 6) is 0.973. The monoisotopic (exact) mass is 260 g/mol. The smallest absolute Gasteiger partial charge is 0.0236 e. The summed E-state index contributed by atoms with van der Waals surface area (Å²) in [5, 5.41) is 0. The van der Waals surface area contributed by atoms with Crippen molar-refractivity contribution in [3.05, 3.63) is 35.4 Å². The van der Waals surface area contributed by atoms with Gasteiger partial charge in [0.1, 0.15) is 0 Å². The van der Waals surface area contributed by atoms with Gasteiger partial charge in [-0.1, -0.05) is 37.6 Å². The number of hydrogen-bond acceptors (Lipinski definition) is 2. The molecule has 1 saturated carbocycles. The summed E-state index contributed by atoms with van der Waals surface area (Å²) in [4.78, 5) is 2.53. The quantitative estimate of drug-likeness (QED) is 0.877. The molecule has 0 aromatic heterocycles. The van der Waals surface area contributed by atoms with E-state index in [4.69, 9.17) is 5.73 Å². The van der Waals surface area contributed by atoms with Gasteiger partial charge in [-0.2, -0.15) is 0 Å². The number of rotatable bonds is 5. The first-order valence-corrected chi connectivity index (χ1v) is 7.71. The molecule has 0 bridgehead atoms. The largest absolute Gasteiger partial charge is 0.326 e. The Hall–Kier alpha value is -0.860. The van der Waals surface area contributed by atoms with Gasteiger partial charge in [0.15, 0.2) is 0 Å². The van der Waals surface area contributed by atoms with E-state index in [0.29, 0.717) is 6.54 Å². The van der Waals surface area contributed by atoms with Crippen LogP contribution >= 0.6 is 0 Å².